The van der Waals surface area contributed by atoms with Crippen LogP contribution in [0.5, 0.6) is 0 Å². The lowest BCUT2D eigenvalue weighted by molar-refractivity contribution is -0.129. The predicted octanol–water partition coefficient (Wildman–Crippen LogP) is 3.19. The first-order valence-corrected chi connectivity index (χ1v) is 10.3. The van der Waals surface area contributed by atoms with E-state index in [1.807, 2.05) is 44.2 Å². The Bertz CT molecular complexity index is 1000. The van der Waals surface area contributed by atoms with Crippen molar-refractivity contribution in [3.05, 3.63) is 70.8 Å². The van der Waals surface area contributed by atoms with Crippen LogP contribution in [0.4, 0.5) is 0 Å². The van der Waals surface area contributed by atoms with Crippen molar-refractivity contribution in [3.63, 3.8) is 0 Å². The van der Waals surface area contributed by atoms with Crippen LogP contribution in [0.2, 0.25) is 0 Å². The molecule has 0 aromatic heterocycles. The van der Waals surface area contributed by atoms with Crippen LogP contribution in [0.25, 0.3) is 0 Å². The molecule has 0 unspecified atom stereocenters. The summed E-state index contributed by atoms with van der Waals surface area (Å²) in [5, 5.41) is 2.72. The maximum atomic E-state index is 12.6. The third kappa shape index (κ3) is 5.17. The van der Waals surface area contributed by atoms with E-state index in [1.54, 1.807) is 0 Å². The predicted molar refractivity (Wildman–Crippen MR) is 114 cm³/mol. The number of hydrogen-bond donors (Lipinski definition) is 1. The fourth-order valence-electron chi connectivity index (χ4n) is 3.22. The van der Waals surface area contributed by atoms with Gasteiger partial charge in [0.15, 0.2) is 6.10 Å². The minimum Gasteiger partial charge on any atom is -0.449 e. The summed E-state index contributed by atoms with van der Waals surface area (Å²) in [6, 6.07) is 13.6. The summed E-state index contributed by atoms with van der Waals surface area (Å²) >= 11 is 0. The van der Waals surface area contributed by atoms with E-state index in [2.05, 4.69) is 5.32 Å². The molecule has 162 valence electrons. The van der Waals surface area contributed by atoms with Gasteiger partial charge in [-0.25, -0.2) is 4.79 Å². The van der Waals surface area contributed by atoms with Gasteiger partial charge in [0.1, 0.15) is 0 Å². The molecule has 3 amide bonds. The van der Waals surface area contributed by atoms with Crippen LogP contribution in [0, 0.1) is 5.92 Å². The van der Waals surface area contributed by atoms with Crippen LogP contribution in [0.15, 0.2) is 48.5 Å². The summed E-state index contributed by atoms with van der Waals surface area (Å²) in [6.45, 7) is 6.17. The van der Waals surface area contributed by atoms with E-state index < -0.39 is 23.9 Å². The molecule has 0 saturated heterocycles. The highest BCUT2D eigenvalue weighted by Gasteiger charge is 2.36. The number of benzene rings is 2. The molecule has 1 aliphatic rings. The highest BCUT2D eigenvalue weighted by molar-refractivity contribution is 6.22. The molecule has 0 bridgehead atoms. The molecule has 31 heavy (non-hydrogen) atoms. The van der Waals surface area contributed by atoms with Gasteiger partial charge in [0.2, 0.25) is 0 Å². The maximum absolute atomic E-state index is 12.6. The number of carbonyl (C=O) groups excluding carboxylic acids is 4. The molecular weight excluding hydrogens is 396 g/mol. The van der Waals surface area contributed by atoms with E-state index in [9.17, 15) is 19.2 Å². The van der Waals surface area contributed by atoms with E-state index in [0.29, 0.717) is 25.4 Å². The number of imide groups is 1. The first-order valence-electron chi connectivity index (χ1n) is 10.3. The highest BCUT2D eigenvalue weighted by atomic mass is 16.5. The van der Waals surface area contributed by atoms with Crippen LogP contribution in [0.1, 0.15) is 63.8 Å². The van der Waals surface area contributed by atoms with Gasteiger partial charge in [-0.2, -0.15) is 0 Å². The standard InChI is InChI=1S/C24H26N2O5/c1-15(2)11-12-26-22(28)19-10-9-18(13-20(19)23(26)29)24(30)31-16(3)21(27)25-14-17-7-5-4-6-8-17/h4-10,13,15-16H,11-12,14H2,1-3H3,(H,25,27)/t16-/m0/s1. The van der Waals surface area contributed by atoms with E-state index in [0.717, 1.165) is 5.56 Å². The Balaban J connectivity index is 1.62. The summed E-state index contributed by atoms with van der Waals surface area (Å²) in [5.74, 6) is -1.57. The minimum atomic E-state index is -1.01. The van der Waals surface area contributed by atoms with Crippen molar-refractivity contribution in [2.45, 2.75) is 39.8 Å². The van der Waals surface area contributed by atoms with Gasteiger partial charge in [-0.05, 0) is 43.0 Å². The zero-order valence-electron chi connectivity index (χ0n) is 17.9. The summed E-state index contributed by atoms with van der Waals surface area (Å²) < 4.78 is 5.25. The van der Waals surface area contributed by atoms with Gasteiger partial charge in [-0.1, -0.05) is 44.2 Å². The Kier molecular flexibility index (Phi) is 6.84. The second kappa shape index (κ2) is 9.55. The van der Waals surface area contributed by atoms with Gasteiger partial charge in [-0.15, -0.1) is 0 Å². The Hall–Kier alpha value is -3.48. The summed E-state index contributed by atoms with van der Waals surface area (Å²) in [5.41, 5.74) is 1.51. The third-order valence-electron chi connectivity index (χ3n) is 5.10. The Morgan fingerprint density at radius 3 is 2.32 bits per heavy atom. The molecule has 1 atom stereocenters. The van der Waals surface area contributed by atoms with Crippen molar-refractivity contribution in [3.8, 4) is 0 Å². The van der Waals surface area contributed by atoms with Gasteiger partial charge in [0.05, 0.1) is 16.7 Å². The van der Waals surface area contributed by atoms with Crippen LogP contribution >= 0.6 is 0 Å². The van der Waals surface area contributed by atoms with Crippen molar-refractivity contribution < 1.29 is 23.9 Å². The molecule has 0 spiro atoms. The van der Waals surface area contributed by atoms with E-state index in [-0.39, 0.29) is 22.6 Å². The molecule has 1 heterocycles. The van der Waals surface area contributed by atoms with Gasteiger partial charge >= 0.3 is 5.97 Å². The van der Waals surface area contributed by atoms with Gasteiger partial charge < -0.3 is 10.1 Å². The van der Waals surface area contributed by atoms with Gasteiger partial charge in [0.25, 0.3) is 17.7 Å². The lowest BCUT2D eigenvalue weighted by atomic mass is 10.1. The van der Waals surface area contributed by atoms with Crippen molar-refractivity contribution in [1.82, 2.24) is 10.2 Å². The monoisotopic (exact) mass is 422 g/mol. The van der Waals surface area contributed by atoms with Crippen LogP contribution in [0.3, 0.4) is 0 Å². The van der Waals surface area contributed by atoms with Crippen LogP contribution in [-0.2, 0) is 16.1 Å². The van der Waals surface area contributed by atoms with E-state index in [4.69, 9.17) is 4.74 Å². The molecule has 0 saturated carbocycles. The molecule has 1 N–H and O–H groups in total. The number of carbonyl (C=O) groups is 4. The number of esters is 1. The third-order valence-corrected chi connectivity index (χ3v) is 5.10. The van der Waals surface area contributed by atoms with Crippen molar-refractivity contribution in [2.75, 3.05) is 6.54 Å². The molecule has 2 aromatic carbocycles. The first kappa shape index (κ1) is 22.2. The molecule has 7 heteroatoms. The number of amides is 3. The molecule has 2 aromatic rings. The fraction of sp³-hybridized carbons (Fsp3) is 0.333. The summed E-state index contributed by atoms with van der Waals surface area (Å²) in [7, 11) is 0. The molecule has 0 radical (unpaired) electrons. The lowest BCUT2D eigenvalue weighted by Gasteiger charge is -2.14. The Labute approximate surface area is 181 Å². The van der Waals surface area contributed by atoms with Crippen molar-refractivity contribution >= 4 is 23.7 Å². The van der Waals surface area contributed by atoms with Gasteiger partial charge in [0, 0.05) is 13.1 Å². The number of nitrogens with zero attached hydrogens (tertiary/aromatic N) is 1. The number of fused-ring (bicyclic) bond motifs is 1. The average molecular weight is 422 g/mol. The SMILES string of the molecule is CC(C)CCN1C(=O)c2ccc(C(=O)O[C@@H](C)C(=O)NCc3ccccc3)cc2C1=O. The largest absolute Gasteiger partial charge is 0.449 e. The number of ether oxygens (including phenoxy) is 1. The maximum Gasteiger partial charge on any atom is 0.338 e. The van der Waals surface area contributed by atoms with Crippen LogP contribution < -0.4 is 5.32 Å². The Morgan fingerprint density at radius 2 is 1.65 bits per heavy atom. The lowest BCUT2D eigenvalue weighted by Crippen LogP contribution is -2.35. The van der Waals surface area contributed by atoms with Crippen LogP contribution in [-0.4, -0.2) is 41.2 Å². The summed E-state index contributed by atoms with van der Waals surface area (Å²) in [4.78, 5) is 51.1. The van der Waals surface area contributed by atoms with Gasteiger partial charge in [-0.3, -0.25) is 19.3 Å². The second-order valence-corrected chi connectivity index (χ2v) is 7.96. The van der Waals surface area contributed by atoms with E-state index in [1.165, 1.54) is 30.0 Å². The average Bonchev–Trinajstić information content (AvgIpc) is 3.00. The highest BCUT2D eigenvalue weighted by Crippen LogP contribution is 2.25. The first-order chi connectivity index (χ1) is 14.8. The quantitative estimate of drug-likeness (QED) is 0.521. The normalized spacial score (nSPS) is 13.9. The molecule has 0 fully saturated rings. The smallest absolute Gasteiger partial charge is 0.338 e. The number of rotatable bonds is 8. The van der Waals surface area contributed by atoms with Crippen molar-refractivity contribution in [1.29, 1.82) is 0 Å². The molecule has 7 nitrogen and oxygen atoms in total. The zero-order chi connectivity index (χ0) is 22.5. The molecule has 1 aliphatic heterocycles. The molecule has 0 aliphatic carbocycles. The zero-order valence-corrected chi connectivity index (χ0v) is 17.9. The second-order valence-electron chi connectivity index (χ2n) is 7.96. The number of hydrogen-bond acceptors (Lipinski definition) is 5. The minimum absolute atomic E-state index is 0.119. The Morgan fingerprint density at radius 1 is 0.968 bits per heavy atom. The molecular formula is C24H26N2O5. The topological polar surface area (TPSA) is 92.8 Å². The van der Waals surface area contributed by atoms with E-state index >= 15 is 0 Å². The number of nitrogens with one attached hydrogen (secondary N) is 1. The fourth-order valence-corrected chi connectivity index (χ4v) is 3.22. The summed E-state index contributed by atoms with van der Waals surface area (Å²) in [6.07, 6.45) is -0.306. The molecule has 3 rings (SSSR count). The van der Waals surface area contributed by atoms with Crippen molar-refractivity contribution in [2.24, 2.45) is 5.92 Å².